The highest BCUT2D eigenvalue weighted by molar-refractivity contribution is 7.89. The molecule has 3 aromatic rings. The van der Waals surface area contributed by atoms with Crippen molar-refractivity contribution < 1.29 is 12.9 Å². The molecular formula is C18H18N2O3S. The Hall–Kier alpha value is -2.44. The molecule has 0 saturated heterocycles. The van der Waals surface area contributed by atoms with Crippen molar-refractivity contribution in [1.29, 1.82) is 0 Å². The Morgan fingerprint density at radius 1 is 1.04 bits per heavy atom. The Morgan fingerprint density at radius 2 is 1.71 bits per heavy atom. The average Bonchev–Trinajstić information content (AvgIpc) is 2.99. The largest absolute Gasteiger partial charge is 0.355 e. The molecule has 0 aliphatic heterocycles. The van der Waals surface area contributed by atoms with Gasteiger partial charge in [-0.3, -0.25) is 0 Å². The van der Waals surface area contributed by atoms with Crippen LogP contribution in [-0.2, 0) is 16.4 Å². The number of hydrogen-bond donors (Lipinski definition) is 1. The van der Waals surface area contributed by atoms with Crippen LogP contribution in [0.25, 0.3) is 22.5 Å². The Bertz CT molecular complexity index is 947. The van der Waals surface area contributed by atoms with Crippen LogP contribution in [0.1, 0.15) is 19.0 Å². The van der Waals surface area contributed by atoms with Gasteiger partial charge in [0.15, 0.2) is 5.76 Å². The number of benzene rings is 2. The summed E-state index contributed by atoms with van der Waals surface area (Å²) in [5.41, 5.74) is 2.77. The quantitative estimate of drug-likeness (QED) is 0.767. The van der Waals surface area contributed by atoms with Gasteiger partial charge in [0, 0.05) is 11.1 Å². The zero-order chi connectivity index (χ0) is 17.2. The lowest BCUT2D eigenvalue weighted by molar-refractivity contribution is 0.423. The summed E-state index contributed by atoms with van der Waals surface area (Å²) >= 11 is 0. The van der Waals surface area contributed by atoms with Crippen LogP contribution < -0.4 is 5.14 Å². The van der Waals surface area contributed by atoms with E-state index in [9.17, 15) is 8.42 Å². The van der Waals surface area contributed by atoms with Crippen LogP contribution in [0.3, 0.4) is 0 Å². The lowest BCUT2D eigenvalue weighted by Gasteiger charge is -2.09. The molecule has 0 aliphatic carbocycles. The van der Waals surface area contributed by atoms with Gasteiger partial charge in [-0.25, -0.2) is 13.6 Å². The van der Waals surface area contributed by atoms with E-state index in [0.29, 0.717) is 23.3 Å². The minimum Gasteiger partial charge on any atom is -0.355 e. The predicted octanol–water partition coefficient (Wildman–Crippen LogP) is 3.61. The Morgan fingerprint density at radius 3 is 2.38 bits per heavy atom. The van der Waals surface area contributed by atoms with Gasteiger partial charge >= 0.3 is 0 Å². The second-order valence-electron chi connectivity index (χ2n) is 5.49. The normalized spacial score (nSPS) is 11.6. The van der Waals surface area contributed by atoms with Crippen LogP contribution in [0.5, 0.6) is 0 Å². The van der Waals surface area contributed by atoms with Crippen LogP contribution in [0.2, 0.25) is 0 Å². The second kappa shape index (κ2) is 6.59. The molecule has 1 aromatic heterocycles. The highest BCUT2D eigenvalue weighted by atomic mass is 32.2. The highest BCUT2D eigenvalue weighted by Gasteiger charge is 2.24. The fourth-order valence-corrected chi connectivity index (χ4v) is 3.46. The van der Waals surface area contributed by atoms with Crippen molar-refractivity contribution in [3.05, 3.63) is 60.3 Å². The van der Waals surface area contributed by atoms with E-state index >= 15 is 0 Å². The van der Waals surface area contributed by atoms with Crippen LogP contribution >= 0.6 is 0 Å². The number of sulfonamides is 1. The molecule has 5 nitrogen and oxygen atoms in total. The van der Waals surface area contributed by atoms with Gasteiger partial charge in [0.25, 0.3) is 0 Å². The smallest absolute Gasteiger partial charge is 0.238 e. The Labute approximate surface area is 141 Å². The van der Waals surface area contributed by atoms with E-state index in [0.717, 1.165) is 17.7 Å². The van der Waals surface area contributed by atoms with Crippen LogP contribution in [0.4, 0.5) is 0 Å². The molecule has 0 amide bonds. The van der Waals surface area contributed by atoms with Crippen molar-refractivity contribution in [1.82, 2.24) is 5.16 Å². The zero-order valence-corrected chi connectivity index (χ0v) is 14.1. The van der Waals surface area contributed by atoms with Gasteiger partial charge in [-0.2, -0.15) is 0 Å². The molecule has 2 N–H and O–H groups in total. The molecule has 1 heterocycles. The zero-order valence-electron chi connectivity index (χ0n) is 13.3. The van der Waals surface area contributed by atoms with Gasteiger partial charge in [0.2, 0.25) is 10.0 Å². The first-order chi connectivity index (χ1) is 11.5. The molecule has 0 fully saturated rings. The van der Waals surface area contributed by atoms with Crippen molar-refractivity contribution in [2.24, 2.45) is 5.14 Å². The number of aryl methyl sites for hydroxylation is 1. The molecule has 0 saturated carbocycles. The summed E-state index contributed by atoms with van der Waals surface area (Å²) in [7, 11) is -3.86. The topological polar surface area (TPSA) is 86.2 Å². The molecule has 0 unspecified atom stereocenters. The van der Waals surface area contributed by atoms with Gasteiger partial charge in [0.1, 0.15) is 0 Å². The van der Waals surface area contributed by atoms with E-state index in [1.807, 2.05) is 37.3 Å². The van der Waals surface area contributed by atoms with Crippen molar-refractivity contribution in [2.75, 3.05) is 0 Å². The van der Waals surface area contributed by atoms with E-state index in [1.54, 1.807) is 18.2 Å². The second-order valence-corrected chi connectivity index (χ2v) is 7.02. The molecular weight excluding hydrogens is 324 g/mol. The monoisotopic (exact) mass is 342 g/mol. The maximum atomic E-state index is 12.0. The van der Waals surface area contributed by atoms with Crippen molar-refractivity contribution >= 4 is 10.0 Å². The number of primary sulfonamides is 1. The third-order valence-corrected chi connectivity index (χ3v) is 4.72. The number of nitrogens with two attached hydrogens (primary N) is 1. The summed E-state index contributed by atoms with van der Waals surface area (Å²) in [6.07, 6.45) is 1.55. The molecule has 0 bridgehead atoms. The van der Waals surface area contributed by atoms with E-state index in [4.69, 9.17) is 9.66 Å². The Balaban J connectivity index is 2.30. The van der Waals surface area contributed by atoms with Gasteiger partial charge in [-0.05, 0) is 12.5 Å². The lowest BCUT2D eigenvalue weighted by atomic mass is 9.98. The summed E-state index contributed by atoms with van der Waals surface area (Å²) in [4.78, 5) is 0.0720. The van der Waals surface area contributed by atoms with Gasteiger partial charge < -0.3 is 4.52 Å². The molecule has 2 aromatic carbocycles. The predicted molar refractivity (Wildman–Crippen MR) is 92.7 cm³/mol. The summed E-state index contributed by atoms with van der Waals surface area (Å²) < 4.78 is 29.6. The maximum Gasteiger partial charge on any atom is 0.238 e. The van der Waals surface area contributed by atoms with E-state index in [1.165, 1.54) is 6.07 Å². The number of aromatic nitrogens is 1. The number of hydrogen-bond acceptors (Lipinski definition) is 4. The maximum absolute atomic E-state index is 12.0. The van der Waals surface area contributed by atoms with E-state index in [-0.39, 0.29) is 4.90 Å². The standard InChI is InChI=1S/C18H18N2O3S/c1-2-8-15-17(14-11-6-7-12-16(14)24(19,21)22)18(23-20-15)13-9-4-3-5-10-13/h3-7,9-12H,2,8H2,1H3,(H2,19,21,22). The first-order valence-corrected chi connectivity index (χ1v) is 9.23. The van der Waals surface area contributed by atoms with Crippen molar-refractivity contribution in [3.8, 4) is 22.5 Å². The molecule has 0 atom stereocenters. The first kappa shape index (κ1) is 16.4. The molecule has 6 heteroatoms. The third-order valence-electron chi connectivity index (χ3n) is 3.75. The molecule has 124 valence electrons. The Kier molecular flexibility index (Phi) is 4.51. The third kappa shape index (κ3) is 3.11. The summed E-state index contributed by atoms with van der Waals surface area (Å²) in [6, 6.07) is 16.2. The fraction of sp³-hybridized carbons (Fsp3) is 0.167. The van der Waals surface area contributed by atoms with Crippen LogP contribution in [0.15, 0.2) is 64.0 Å². The van der Waals surface area contributed by atoms with Gasteiger partial charge in [0.05, 0.1) is 16.2 Å². The van der Waals surface area contributed by atoms with Crippen molar-refractivity contribution in [3.63, 3.8) is 0 Å². The van der Waals surface area contributed by atoms with Crippen molar-refractivity contribution in [2.45, 2.75) is 24.7 Å². The van der Waals surface area contributed by atoms with Crippen LogP contribution in [-0.4, -0.2) is 13.6 Å². The van der Waals surface area contributed by atoms with Gasteiger partial charge in [-0.1, -0.05) is 67.0 Å². The lowest BCUT2D eigenvalue weighted by Crippen LogP contribution is -2.13. The molecule has 0 aliphatic rings. The number of rotatable bonds is 5. The molecule has 0 radical (unpaired) electrons. The van der Waals surface area contributed by atoms with Gasteiger partial charge in [-0.15, -0.1) is 0 Å². The minimum absolute atomic E-state index is 0.0720. The highest BCUT2D eigenvalue weighted by Crippen LogP contribution is 2.38. The average molecular weight is 342 g/mol. The molecule has 24 heavy (non-hydrogen) atoms. The fourth-order valence-electron chi connectivity index (χ4n) is 2.72. The molecule has 0 spiro atoms. The SMILES string of the molecule is CCCc1noc(-c2ccccc2)c1-c1ccccc1S(N)(=O)=O. The summed E-state index contributed by atoms with van der Waals surface area (Å²) in [5, 5.41) is 9.57. The minimum atomic E-state index is -3.86. The summed E-state index contributed by atoms with van der Waals surface area (Å²) in [5.74, 6) is 0.551. The van der Waals surface area contributed by atoms with E-state index in [2.05, 4.69) is 5.16 Å². The van der Waals surface area contributed by atoms with E-state index < -0.39 is 10.0 Å². The molecule has 3 rings (SSSR count). The first-order valence-electron chi connectivity index (χ1n) is 7.68. The summed E-state index contributed by atoms with van der Waals surface area (Å²) in [6.45, 7) is 2.03. The van der Waals surface area contributed by atoms with Crippen LogP contribution in [0, 0.1) is 0 Å². The number of nitrogens with zero attached hydrogens (tertiary/aromatic N) is 1.